The number of ether oxygens (including phenoxy) is 1. The first kappa shape index (κ1) is 19.1. The van der Waals surface area contributed by atoms with Gasteiger partial charge in [0, 0.05) is 6.54 Å². The normalized spacial score (nSPS) is 11.5. The van der Waals surface area contributed by atoms with Crippen molar-refractivity contribution in [1.29, 1.82) is 0 Å². The fourth-order valence-electron chi connectivity index (χ4n) is 2.07. The Morgan fingerprint density at radius 2 is 1.75 bits per heavy atom. The molecular weight excluding hydrogens is 369 g/mol. The predicted octanol–water partition coefficient (Wildman–Crippen LogP) is 4.11. The first-order valence-corrected chi connectivity index (χ1v) is 9.79. The van der Waals surface area contributed by atoms with Crippen molar-refractivity contribution in [2.24, 2.45) is 0 Å². The van der Waals surface area contributed by atoms with E-state index in [0.717, 1.165) is 11.3 Å². The third-order valence-electron chi connectivity index (χ3n) is 3.51. The number of hydrogen-bond acceptors (Lipinski definition) is 3. The number of halogens is 2. The summed E-state index contributed by atoms with van der Waals surface area (Å²) in [7, 11) is -3.47. The van der Waals surface area contributed by atoms with E-state index in [1.54, 1.807) is 18.2 Å². The Balaban J connectivity index is 1.83. The number of hydrogen-bond donors (Lipinski definition) is 1. The van der Waals surface area contributed by atoms with Crippen LogP contribution in [0.4, 0.5) is 0 Å². The highest BCUT2D eigenvalue weighted by atomic mass is 35.5. The second-order valence-corrected chi connectivity index (χ2v) is 8.12. The molecule has 0 radical (unpaired) electrons. The standard InChI is InChI=1S/C17H19Cl2NO3S/c1-12-3-5-15(9-13(12)2)23-8-7-20-24(21,22)11-14-4-6-16(18)17(19)10-14/h3-6,9-10,20H,7-8,11H2,1-2H3. The smallest absolute Gasteiger partial charge is 0.215 e. The summed E-state index contributed by atoms with van der Waals surface area (Å²) in [6.07, 6.45) is 0. The van der Waals surface area contributed by atoms with Crippen LogP contribution >= 0.6 is 23.2 Å². The molecule has 0 spiro atoms. The molecule has 0 unspecified atom stereocenters. The largest absolute Gasteiger partial charge is 0.492 e. The van der Waals surface area contributed by atoms with Gasteiger partial charge in [-0.2, -0.15) is 0 Å². The summed E-state index contributed by atoms with van der Waals surface area (Å²) in [6, 6.07) is 10.5. The lowest BCUT2D eigenvalue weighted by molar-refractivity contribution is 0.322. The summed E-state index contributed by atoms with van der Waals surface area (Å²) in [6.45, 7) is 4.47. The predicted molar refractivity (Wildman–Crippen MR) is 98.5 cm³/mol. The highest BCUT2D eigenvalue weighted by molar-refractivity contribution is 7.88. The van der Waals surface area contributed by atoms with Gasteiger partial charge in [-0.25, -0.2) is 13.1 Å². The monoisotopic (exact) mass is 387 g/mol. The van der Waals surface area contributed by atoms with E-state index < -0.39 is 10.0 Å². The van der Waals surface area contributed by atoms with Crippen LogP contribution in [-0.2, 0) is 15.8 Å². The Morgan fingerprint density at radius 1 is 1.00 bits per heavy atom. The molecule has 130 valence electrons. The zero-order chi connectivity index (χ0) is 17.7. The van der Waals surface area contributed by atoms with Gasteiger partial charge in [0.25, 0.3) is 0 Å². The van der Waals surface area contributed by atoms with Crippen LogP contribution < -0.4 is 9.46 Å². The zero-order valence-corrected chi connectivity index (χ0v) is 15.8. The number of nitrogens with one attached hydrogen (secondary N) is 1. The molecule has 0 saturated carbocycles. The van der Waals surface area contributed by atoms with Crippen molar-refractivity contribution in [3.05, 3.63) is 63.1 Å². The van der Waals surface area contributed by atoms with Crippen molar-refractivity contribution < 1.29 is 13.2 Å². The average Bonchev–Trinajstić information content (AvgIpc) is 2.51. The highest BCUT2D eigenvalue weighted by Gasteiger charge is 2.12. The fourth-order valence-corrected chi connectivity index (χ4v) is 3.51. The molecule has 0 bridgehead atoms. The van der Waals surface area contributed by atoms with Crippen LogP contribution in [0.2, 0.25) is 10.0 Å². The molecule has 7 heteroatoms. The van der Waals surface area contributed by atoms with Crippen LogP contribution in [0, 0.1) is 13.8 Å². The van der Waals surface area contributed by atoms with Crippen LogP contribution in [0.25, 0.3) is 0 Å². The molecule has 0 amide bonds. The van der Waals surface area contributed by atoms with Crippen molar-refractivity contribution in [3.63, 3.8) is 0 Å². The number of aryl methyl sites for hydroxylation is 2. The van der Waals surface area contributed by atoms with Crippen molar-refractivity contribution in [2.45, 2.75) is 19.6 Å². The molecule has 2 aromatic rings. The molecule has 4 nitrogen and oxygen atoms in total. The summed E-state index contributed by atoms with van der Waals surface area (Å²) >= 11 is 11.7. The summed E-state index contributed by atoms with van der Waals surface area (Å²) in [4.78, 5) is 0. The molecular formula is C17H19Cl2NO3S. The van der Waals surface area contributed by atoms with Gasteiger partial charge in [-0.15, -0.1) is 0 Å². The Hall–Kier alpha value is -1.27. The molecule has 0 aromatic heterocycles. The van der Waals surface area contributed by atoms with Gasteiger partial charge in [-0.3, -0.25) is 0 Å². The molecule has 0 aliphatic carbocycles. The zero-order valence-electron chi connectivity index (χ0n) is 13.5. The van der Waals surface area contributed by atoms with Crippen molar-refractivity contribution in [1.82, 2.24) is 4.72 Å². The minimum atomic E-state index is -3.47. The molecule has 0 atom stereocenters. The topological polar surface area (TPSA) is 55.4 Å². The van der Waals surface area contributed by atoms with E-state index in [1.807, 2.05) is 32.0 Å². The first-order valence-electron chi connectivity index (χ1n) is 7.38. The minimum Gasteiger partial charge on any atom is -0.492 e. The van der Waals surface area contributed by atoms with Crippen molar-refractivity contribution in [2.75, 3.05) is 13.2 Å². The SMILES string of the molecule is Cc1ccc(OCCNS(=O)(=O)Cc2ccc(Cl)c(Cl)c2)cc1C. The molecule has 0 fully saturated rings. The van der Waals surface area contributed by atoms with E-state index in [4.69, 9.17) is 27.9 Å². The molecule has 0 aliphatic rings. The molecule has 0 heterocycles. The van der Waals surface area contributed by atoms with E-state index >= 15 is 0 Å². The van der Waals surface area contributed by atoms with E-state index in [9.17, 15) is 8.42 Å². The van der Waals surface area contributed by atoms with Crippen molar-refractivity contribution in [3.8, 4) is 5.75 Å². The first-order chi connectivity index (χ1) is 11.3. The van der Waals surface area contributed by atoms with E-state index in [2.05, 4.69) is 4.72 Å². The second kappa shape index (κ2) is 8.21. The van der Waals surface area contributed by atoms with Crippen LogP contribution in [0.5, 0.6) is 5.75 Å². The summed E-state index contributed by atoms with van der Waals surface area (Å²) in [5.41, 5.74) is 2.89. The number of benzene rings is 2. The number of rotatable bonds is 7. The van der Waals surface area contributed by atoms with E-state index in [1.165, 1.54) is 5.56 Å². The van der Waals surface area contributed by atoms with Gasteiger partial charge in [0.1, 0.15) is 12.4 Å². The van der Waals surface area contributed by atoms with Gasteiger partial charge in [-0.1, -0.05) is 35.3 Å². The van der Waals surface area contributed by atoms with Gasteiger partial charge in [0.2, 0.25) is 10.0 Å². The number of sulfonamides is 1. The van der Waals surface area contributed by atoms with Gasteiger partial charge in [0.15, 0.2) is 0 Å². The minimum absolute atomic E-state index is 0.159. The van der Waals surface area contributed by atoms with Crippen LogP contribution in [0.15, 0.2) is 36.4 Å². The van der Waals surface area contributed by atoms with Gasteiger partial charge in [-0.05, 0) is 54.8 Å². The average molecular weight is 388 g/mol. The van der Waals surface area contributed by atoms with Crippen LogP contribution in [0.3, 0.4) is 0 Å². The quantitative estimate of drug-likeness (QED) is 0.727. The maximum absolute atomic E-state index is 12.1. The summed E-state index contributed by atoms with van der Waals surface area (Å²) in [5, 5.41) is 0.731. The Kier molecular flexibility index (Phi) is 6.52. The highest BCUT2D eigenvalue weighted by Crippen LogP contribution is 2.23. The Bertz CT molecular complexity index is 823. The maximum Gasteiger partial charge on any atom is 0.215 e. The van der Waals surface area contributed by atoms with Gasteiger partial charge >= 0.3 is 0 Å². The van der Waals surface area contributed by atoms with Gasteiger partial charge in [0.05, 0.1) is 15.8 Å². The van der Waals surface area contributed by atoms with E-state index in [0.29, 0.717) is 15.6 Å². The van der Waals surface area contributed by atoms with Crippen LogP contribution in [-0.4, -0.2) is 21.6 Å². The maximum atomic E-state index is 12.1. The fraction of sp³-hybridized carbons (Fsp3) is 0.294. The molecule has 2 aromatic carbocycles. The van der Waals surface area contributed by atoms with Crippen LogP contribution in [0.1, 0.15) is 16.7 Å². The molecule has 1 N–H and O–H groups in total. The molecule has 2 rings (SSSR count). The molecule has 24 heavy (non-hydrogen) atoms. The Morgan fingerprint density at radius 3 is 2.42 bits per heavy atom. The molecule has 0 aliphatic heterocycles. The Labute approximate surface area is 152 Å². The summed E-state index contributed by atoms with van der Waals surface area (Å²) in [5.74, 6) is 0.565. The lowest BCUT2D eigenvalue weighted by Crippen LogP contribution is -2.29. The third-order valence-corrected chi connectivity index (χ3v) is 5.61. The van der Waals surface area contributed by atoms with Crippen molar-refractivity contribution >= 4 is 33.2 Å². The summed E-state index contributed by atoms with van der Waals surface area (Å²) < 4.78 is 32.2. The van der Waals surface area contributed by atoms with Gasteiger partial charge < -0.3 is 4.74 Å². The third kappa shape index (κ3) is 5.67. The lowest BCUT2D eigenvalue weighted by atomic mass is 10.1. The lowest BCUT2D eigenvalue weighted by Gasteiger charge is -2.10. The second-order valence-electron chi connectivity index (χ2n) is 5.50. The molecule has 0 saturated heterocycles. The van der Waals surface area contributed by atoms with E-state index in [-0.39, 0.29) is 18.9 Å².